The lowest BCUT2D eigenvalue weighted by Gasteiger charge is -2.62. The van der Waals surface area contributed by atoms with Gasteiger partial charge in [-0.05, 0) is 87.1 Å². The smallest absolute Gasteiger partial charge is 0.251 e. The molecule has 2 bridgehead atoms. The second kappa shape index (κ2) is 15.7. The summed E-state index contributed by atoms with van der Waals surface area (Å²) in [5.74, 6) is 1.69. The first-order valence-electron chi connectivity index (χ1n) is 18.4. The van der Waals surface area contributed by atoms with Gasteiger partial charge < -0.3 is 30.5 Å². The highest BCUT2D eigenvalue weighted by molar-refractivity contribution is 5.95. The fourth-order valence-electron chi connectivity index (χ4n) is 9.09. The largest absolute Gasteiger partial charge is 0.496 e. The molecule has 0 aromatic heterocycles. The summed E-state index contributed by atoms with van der Waals surface area (Å²) in [6, 6.07) is 12.7. The average Bonchev–Trinajstić information content (AvgIpc) is 3.43. The molecular formula is C40H60N4O6. The number of aliphatic hydroxyl groups excluding tert-OH is 2. The number of carbonyl (C=O) groups excluding carboxylic acids is 2. The third kappa shape index (κ3) is 7.89. The summed E-state index contributed by atoms with van der Waals surface area (Å²) in [5, 5.41) is 29.3. The van der Waals surface area contributed by atoms with E-state index in [1.54, 1.807) is 19.1 Å². The third-order valence-corrected chi connectivity index (χ3v) is 11.8. The van der Waals surface area contributed by atoms with Gasteiger partial charge in [-0.15, -0.1) is 0 Å². The second-order valence-corrected chi connectivity index (χ2v) is 16.4. The maximum atomic E-state index is 14.1. The molecule has 1 aliphatic heterocycles. The van der Waals surface area contributed by atoms with Gasteiger partial charge in [-0.2, -0.15) is 5.06 Å². The lowest BCUT2D eigenvalue weighted by atomic mass is 9.45. The normalized spacial score (nSPS) is 28.6. The van der Waals surface area contributed by atoms with Crippen LogP contribution in [-0.2, 0) is 16.2 Å². The highest BCUT2D eigenvalue weighted by Gasteiger charge is 2.57. The zero-order valence-electron chi connectivity index (χ0n) is 31.5. The predicted molar refractivity (Wildman–Crippen MR) is 195 cm³/mol. The summed E-state index contributed by atoms with van der Waals surface area (Å²) < 4.78 is 5.97. The molecule has 3 aliphatic carbocycles. The standard InChI is InChI=1S/C40H60N4O6/c1-23(2)17-30(21-43(7)8)41-38(47)27-15-13-26(14-16-27)31-12-10-11-28(37(31)49-9)20-44-36(35(25(4)46)34(22-45)50-44)39(48)42-33-19-29-18-32(24(33)3)40(29,5)6/h10-16,23-25,29-30,32-36,45-46H,17-22H2,1-9H3,(H,41,47)(H,42,48)/t24-,25-,29+,30-,32-,33-,34-,35-,36-/m0/s1. The predicted octanol–water partition coefficient (Wildman–Crippen LogP) is 4.73. The quantitative estimate of drug-likeness (QED) is 0.224. The van der Waals surface area contributed by atoms with Gasteiger partial charge in [0.05, 0.1) is 26.4 Å². The minimum Gasteiger partial charge on any atom is -0.496 e. The molecule has 1 saturated heterocycles. The van der Waals surface area contributed by atoms with E-state index < -0.39 is 24.2 Å². The van der Waals surface area contributed by atoms with Crippen LogP contribution in [0.5, 0.6) is 5.75 Å². The number of hydroxylamine groups is 2. The van der Waals surface area contributed by atoms with Crippen molar-refractivity contribution in [2.75, 3.05) is 34.4 Å². The van der Waals surface area contributed by atoms with Crippen molar-refractivity contribution in [2.45, 2.75) is 97.7 Å². The van der Waals surface area contributed by atoms with Gasteiger partial charge in [-0.3, -0.25) is 14.4 Å². The zero-order valence-corrected chi connectivity index (χ0v) is 31.5. The Labute approximate surface area is 298 Å². The van der Waals surface area contributed by atoms with Crippen LogP contribution in [0.1, 0.15) is 76.7 Å². The fraction of sp³-hybridized carbons (Fsp3) is 0.650. The van der Waals surface area contributed by atoms with Gasteiger partial charge in [0.2, 0.25) is 5.91 Å². The Morgan fingerprint density at radius 1 is 1.10 bits per heavy atom. The van der Waals surface area contributed by atoms with Crippen molar-refractivity contribution in [1.82, 2.24) is 20.6 Å². The van der Waals surface area contributed by atoms with Crippen molar-refractivity contribution in [2.24, 2.45) is 35.0 Å². The maximum absolute atomic E-state index is 14.1. The lowest BCUT2D eigenvalue weighted by Crippen LogP contribution is -2.62. The SMILES string of the molecule is COc1c(CN2O[C@@H](CO)[C@H]([C@H](C)O)[C@H]2C(=O)N[C@H]2C[C@H]3C[C@@H]([C@@H]2C)C3(C)C)cccc1-c1ccc(C(=O)N[C@@H](CC(C)C)CN(C)C)cc1. The molecule has 0 spiro atoms. The van der Waals surface area contributed by atoms with Crippen molar-refractivity contribution in [3.63, 3.8) is 0 Å². The Balaban J connectivity index is 1.35. The first kappa shape index (κ1) is 38.2. The van der Waals surface area contributed by atoms with E-state index in [0.29, 0.717) is 40.4 Å². The van der Waals surface area contributed by atoms with E-state index in [0.717, 1.165) is 36.1 Å². The Morgan fingerprint density at radius 2 is 1.80 bits per heavy atom. The Morgan fingerprint density at radius 3 is 2.36 bits per heavy atom. The number of fused-ring (bicyclic) bond motifs is 2. The molecule has 2 aromatic carbocycles. The average molecular weight is 693 g/mol. The number of ether oxygens (including phenoxy) is 1. The van der Waals surface area contributed by atoms with E-state index >= 15 is 0 Å². The van der Waals surface area contributed by atoms with E-state index in [-0.39, 0.29) is 37.0 Å². The van der Waals surface area contributed by atoms with Gasteiger partial charge in [0.1, 0.15) is 17.9 Å². The van der Waals surface area contributed by atoms with Crippen LogP contribution >= 0.6 is 0 Å². The van der Waals surface area contributed by atoms with E-state index in [4.69, 9.17) is 9.57 Å². The number of hydrogen-bond acceptors (Lipinski definition) is 8. The highest BCUT2D eigenvalue weighted by Crippen LogP contribution is 2.61. The molecule has 1 heterocycles. The number of likely N-dealkylation sites (N-methyl/N-ethyl adjacent to an activating group) is 1. The van der Waals surface area contributed by atoms with Gasteiger partial charge in [0.15, 0.2) is 0 Å². The van der Waals surface area contributed by atoms with Crippen molar-refractivity contribution >= 4 is 11.8 Å². The minimum atomic E-state index is -0.878. The molecule has 0 unspecified atom stereocenters. The van der Waals surface area contributed by atoms with Crippen LogP contribution in [0.3, 0.4) is 0 Å². The number of hydrogen-bond donors (Lipinski definition) is 4. The van der Waals surface area contributed by atoms with Crippen LogP contribution in [0.2, 0.25) is 0 Å². The van der Waals surface area contributed by atoms with Crippen molar-refractivity contribution in [3.8, 4) is 16.9 Å². The number of rotatable bonds is 14. The molecule has 50 heavy (non-hydrogen) atoms. The molecule has 2 aromatic rings. The lowest BCUT2D eigenvalue weighted by molar-refractivity contribution is -0.183. The van der Waals surface area contributed by atoms with Crippen molar-refractivity contribution in [1.29, 1.82) is 0 Å². The van der Waals surface area contributed by atoms with Crippen LogP contribution in [0.25, 0.3) is 11.1 Å². The maximum Gasteiger partial charge on any atom is 0.251 e. The Hall–Kier alpha value is -3.02. The molecule has 6 rings (SSSR count). The van der Waals surface area contributed by atoms with Crippen LogP contribution in [0.4, 0.5) is 0 Å². The van der Waals surface area contributed by atoms with Gasteiger partial charge in [0, 0.05) is 41.2 Å². The van der Waals surface area contributed by atoms with E-state index in [1.807, 2.05) is 56.6 Å². The summed E-state index contributed by atoms with van der Waals surface area (Å²) in [7, 11) is 5.64. The summed E-state index contributed by atoms with van der Waals surface area (Å²) in [4.78, 5) is 35.6. The molecule has 0 radical (unpaired) electrons. The first-order valence-corrected chi connectivity index (χ1v) is 18.4. The summed E-state index contributed by atoms with van der Waals surface area (Å²) in [5.41, 5.74) is 3.40. The van der Waals surface area contributed by atoms with E-state index in [1.165, 1.54) is 6.42 Å². The molecule has 10 nitrogen and oxygen atoms in total. The summed E-state index contributed by atoms with van der Waals surface area (Å²) >= 11 is 0. The van der Waals surface area contributed by atoms with Gasteiger partial charge in [-0.1, -0.05) is 65.0 Å². The van der Waals surface area contributed by atoms with Crippen molar-refractivity contribution in [3.05, 3.63) is 53.6 Å². The number of nitrogens with zero attached hydrogens (tertiary/aromatic N) is 2. The van der Waals surface area contributed by atoms with E-state index in [9.17, 15) is 19.8 Å². The molecule has 4 fully saturated rings. The molecule has 3 saturated carbocycles. The number of para-hydroxylation sites is 1. The second-order valence-electron chi connectivity index (χ2n) is 16.4. The molecule has 4 N–H and O–H groups in total. The van der Waals surface area contributed by atoms with Crippen LogP contribution in [-0.4, -0.2) is 96.7 Å². The topological polar surface area (TPSA) is 124 Å². The van der Waals surface area contributed by atoms with Crippen LogP contribution in [0, 0.1) is 35.0 Å². The van der Waals surface area contributed by atoms with E-state index in [2.05, 4.69) is 50.2 Å². The highest BCUT2D eigenvalue weighted by atomic mass is 16.7. The monoisotopic (exact) mass is 692 g/mol. The Kier molecular flexibility index (Phi) is 12.0. The van der Waals surface area contributed by atoms with Crippen molar-refractivity contribution < 1.29 is 29.4 Å². The number of amides is 2. The molecule has 2 amide bonds. The van der Waals surface area contributed by atoms with Crippen LogP contribution < -0.4 is 15.4 Å². The first-order chi connectivity index (χ1) is 23.7. The van der Waals surface area contributed by atoms with Gasteiger partial charge in [0.25, 0.3) is 5.91 Å². The number of benzene rings is 2. The molecule has 9 atom stereocenters. The zero-order chi connectivity index (χ0) is 36.5. The number of carbonyl (C=O) groups is 2. The van der Waals surface area contributed by atoms with Crippen LogP contribution in [0.15, 0.2) is 42.5 Å². The molecule has 276 valence electrons. The number of aliphatic hydroxyl groups is 2. The summed E-state index contributed by atoms with van der Waals surface area (Å²) in [6.45, 7) is 13.5. The molecule has 10 heteroatoms. The minimum absolute atomic E-state index is 0.0512. The van der Waals surface area contributed by atoms with Gasteiger partial charge in [-0.25, -0.2) is 0 Å². The molecule has 4 aliphatic rings. The number of nitrogens with one attached hydrogen (secondary N) is 2. The molecular weight excluding hydrogens is 632 g/mol. The van der Waals surface area contributed by atoms with Gasteiger partial charge >= 0.3 is 0 Å². The fourth-order valence-corrected chi connectivity index (χ4v) is 9.09. The number of methoxy groups -OCH3 is 1. The summed E-state index contributed by atoms with van der Waals surface area (Å²) in [6.07, 6.45) is 1.44. The Bertz CT molecular complexity index is 1470. The third-order valence-electron chi connectivity index (χ3n) is 11.8.